The zero-order valence-corrected chi connectivity index (χ0v) is 10.4. The van der Waals surface area contributed by atoms with Crippen molar-refractivity contribution >= 4 is 20.7 Å². The molecule has 3 N–H and O–H groups in total. The van der Waals surface area contributed by atoms with Crippen LogP contribution in [0.15, 0.2) is 0 Å². The van der Waals surface area contributed by atoms with Crippen molar-refractivity contribution in [3.8, 4) is 0 Å². The zero-order valence-electron chi connectivity index (χ0n) is 8.81. The predicted molar refractivity (Wildman–Crippen MR) is 46.3 cm³/mol. The molecule has 17 heteroatoms. The van der Waals surface area contributed by atoms with Crippen LogP contribution in [-0.4, -0.2) is 40.3 Å². The average molecular weight is 383 g/mol. The highest BCUT2D eigenvalue weighted by atomic mass is 32.3. The molecule has 0 rings (SSSR count). The molecule has 5 nitrogen and oxygen atoms in total. The Morgan fingerprint density at radius 2 is 1.29 bits per heavy atom. The number of aliphatic hydroxyl groups is 1. The molecule has 1 atom stereocenters. The molecule has 0 aromatic rings. The molecule has 0 aromatic carbocycles. The van der Waals surface area contributed by atoms with Gasteiger partial charge in [-0.15, -0.1) is 8.61 Å². The highest BCUT2D eigenvalue weighted by molar-refractivity contribution is 8.22. The number of hydrogen-bond acceptors (Lipinski definition) is 3. The predicted octanol–water partition coefficient (Wildman–Crippen LogP) is 1.67. The van der Waals surface area contributed by atoms with Crippen molar-refractivity contribution in [3.05, 3.63) is 0 Å². The SMILES string of the molecule is O=S(F)C(F)(F)S(=O)(O)(NC(F)(F)F)C(F)(F)C(O)(F)F. The minimum atomic E-state index is -9.69. The highest BCUT2D eigenvalue weighted by Crippen LogP contribution is 2.57. The molecule has 0 aliphatic heterocycles. The normalized spacial score (nSPS) is 19.0. The lowest BCUT2D eigenvalue weighted by Gasteiger charge is -2.50. The van der Waals surface area contributed by atoms with Crippen LogP contribution in [0.3, 0.4) is 0 Å². The van der Waals surface area contributed by atoms with Gasteiger partial charge in [-0.3, -0.25) is 4.55 Å². The highest BCUT2D eigenvalue weighted by Gasteiger charge is 2.82. The summed E-state index contributed by atoms with van der Waals surface area (Å²) < 4.78 is 144. The summed E-state index contributed by atoms with van der Waals surface area (Å²) in [5.74, 6) is 0. The summed E-state index contributed by atoms with van der Waals surface area (Å²) >= 11 is -5.74. The van der Waals surface area contributed by atoms with Crippen molar-refractivity contribution < 1.29 is 61.5 Å². The molecule has 0 amide bonds. The first kappa shape index (κ1) is 20.5. The van der Waals surface area contributed by atoms with Gasteiger partial charge in [0, 0.05) is 9.53 Å². The number of alkyl halides is 9. The minimum absolute atomic E-state index is 1.39. The molecule has 0 radical (unpaired) electrons. The van der Waals surface area contributed by atoms with Crippen LogP contribution in [0.2, 0.25) is 0 Å². The Labute approximate surface area is 110 Å². The van der Waals surface area contributed by atoms with Gasteiger partial charge in [0.05, 0.1) is 0 Å². The van der Waals surface area contributed by atoms with E-state index in [9.17, 15) is 51.8 Å². The van der Waals surface area contributed by atoms with Crippen LogP contribution in [0, 0.1) is 0 Å². The third-order valence-electron chi connectivity index (χ3n) is 1.76. The molecule has 0 heterocycles. The van der Waals surface area contributed by atoms with Gasteiger partial charge in [0.15, 0.2) is 0 Å². The molecular weight excluding hydrogens is 380 g/mol. The second-order valence-electron chi connectivity index (χ2n) is 3.25. The van der Waals surface area contributed by atoms with E-state index in [1.54, 1.807) is 0 Å². The third kappa shape index (κ3) is 2.88. The van der Waals surface area contributed by atoms with E-state index in [-0.39, 0.29) is 0 Å². The first-order valence-electron chi connectivity index (χ1n) is 3.91. The van der Waals surface area contributed by atoms with Crippen LogP contribution in [0.25, 0.3) is 0 Å². The molecule has 0 saturated heterocycles. The number of nitrogens with one attached hydrogen (secondary N) is 1. The summed E-state index contributed by atoms with van der Waals surface area (Å²) in [5.41, 5.74) is 0. The Balaban J connectivity index is 6.73. The van der Waals surface area contributed by atoms with Gasteiger partial charge < -0.3 is 5.11 Å². The lowest BCUT2D eigenvalue weighted by molar-refractivity contribution is -0.296. The summed E-state index contributed by atoms with van der Waals surface area (Å²) in [7, 11) is -9.69. The number of hydrogen-bond donors (Lipinski definition) is 3. The van der Waals surface area contributed by atoms with Gasteiger partial charge >= 0.3 is 22.2 Å². The fraction of sp³-hybridized carbons (Fsp3) is 1.00. The molecule has 0 aliphatic rings. The summed E-state index contributed by atoms with van der Waals surface area (Å²) in [6.45, 7) is 0. The van der Waals surface area contributed by atoms with Gasteiger partial charge in [0.1, 0.15) is 0 Å². The monoisotopic (exact) mass is 383 g/mol. The molecule has 0 saturated carbocycles. The fourth-order valence-electron chi connectivity index (χ4n) is 0.837. The van der Waals surface area contributed by atoms with Crippen molar-refractivity contribution in [2.24, 2.45) is 0 Å². The van der Waals surface area contributed by atoms with Crippen molar-refractivity contribution in [1.82, 2.24) is 4.72 Å². The second-order valence-corrected chi connectivity index (χ2v) is 7.51. The Hall–Kier alpha value is -0.520. The van der Waals surface area contributed by atoms with Gasteiger partial charge in [-0.25, -0.2) is 4.21 Å². The molecule has 0 aromatic heterocycles. The molecule has 21 heavy (non-hydrogen) atoms. The molecule has 0 aliphatic carbocycles. The maximum Gasteiger partial charge on any atom is 0.474 e. The fourth-order valence-corrected chi connectivity index (χ4v) is 3.68. The first-order chi connectivity index (χ1) is 8.70. The van der Waals surface area contributed by atoms with Crippen LogP contribution < -0.4 is 4.72 Å². The van der Waals surface area contributed by atoms with Gasteiger partial charge in [0.2, 0.25) is 0 Å². The van der Waals surface area contributed by atoms with Crippen LogP contribution in [0.4, 0.5) is 43.4 Å². The Morgan fingerprint density at radius 3 is 1.48 bits per heavy atom. The van der Waals surface area contributed by atoms with E-state index in [4.69, 9.17) is 9.66 Å². The van der Waals surface area contributed by atoms with Crippen LogP contribution in [0.1, 0.15) is 0 Å². The van der Waals surface area contributed by atoms with Crippen LogP contribution >= 0.6 is 0 Å². The van der Waals surface area contributed by atoms with Crippen molar-refractivity contribution in [1.29, 1.82) is 0 Å². The van der Waals surface area contributed by atoms with E-state index >= 15 is 0 Å². The Bertz CT molecular complexity index is 510. The maximum absolute atomic E-state index is 12.9. The maximum atomic E-state index is 12.9. The third-order valence-corrected chi connectivity index (χ3v) is 6.14. The van der Waals surface area contributed by atoms with Crippen molar-refractivity contribution in [3.63, 3.8) is 0 Å². The topological polar surface area (TPSA) is 86.6 Å². The second kappa shape index (κ2) is 4.74. The van der Waals surface area contributed by atoms with E-state index in [2.05, 4.69) is 0 Å². The summed E-state index contributed by atoms with van der Waals surface area (Å²) in [6, 6.07) is 0. The Kier molecular flexibility index (Phi) is 4.62. The quantitative estimate of drug-likeness (QED) is 0.383. The summed E-state index contributed by atoms with van der Waals surface area (Å²) in [5, 5.41) is 0.129. The minimum Gasteiger partial charge on any atom is -0.330 e. The van der Waals surface area contributed by atoms with Crippen molar-refractivity contribution in [2.75, 3.05) is 0 Å². The number of rotatable bonds is 5. The molecular formula is C4H3F10NO4S2. The number of halogens is 10. The van der Waals surface area contributed by atoms with E-state index in [0.29, 0.717) is 0 Å². The first-order valence-corrected chi connectivity index (χ1v) is 6.88. The van der Waals surface area contributed by atoms with Crippen LogP contribution in [-0.2, 0) is 20.7 Å². The van der Waals surface area contributed by atoms with Gasteiger partial charge in [-0.05, 0) is 0 Å². The van der Waals surface area contributed by atoms with Crippen LogP contribution in [0.5, 0.6) is 0 Å². The van der Waals surface area contributed by atoms with E-state index in [1.807, 2.05) is 0 Å². The van der Waals surface area contributed by atoms with E-state index < -0.39 is 47.7 Å². The molecule has 0 bridgehead atoms. The molecule has 0 fully saturated rings. The smallest absolute Gasteiger partial charge is 0.330 e. The largest absolute Gasteiger partial charge is 0.474 e. The molecule has 0 spiro atoms. The average Bonchev–Trinajstić information content (AvgIpc) is 2.11. The van der Waals surface area contributed by atoms with Gasteiger partial charge in [0.25, 0.3) is 11.2 Å². The van der Waals surface area contributed by atoms with E-state index in [0.717, 1.165) is 0 Å². The summed E-state index contributed by atoms with van der Waals surface area (Å²) in [6.07, 6.45) is -13.6. The zero-order chi connectivity index (χ0) is 17.7. The molecule has 130 valence electrons. The molecule has 1 unspecified atom stereocenters. The van der Waals surface area contributed by atoms with Crippen molar-refractivity contribution in [2.45, 2.75) is 22.2 Å². The van der Waals surface area contributed by atoms with E-state index in [1.165, 1.54) is 0 Å². The standard InChI is InChI=1S/C4H3F10NO4S2/c5-1(6,16)2(7,8)21(18,19,15-3(9,10)11)4(12,13)20(14)17/h16H,(H2,15,18,19). The lowest BCUT2D eigenvalue weighted by Crippen LogP contribution is -2.76. The lowest BCUT2D eigenvalue weighted by atomic mass is 10.7. The van der Waals surface area contributed by atoms with Gasteiger partial charge in [-0.1, -0.05) is 0 Å². The summed E-state index contributed by atoms with van der Waals surface area (Å²) in [4.78, 5) is 0. The van der Waals surface area contributed by atoms with Gasteiger partial charge in [-0.2, -0.15) is 43.7 Å². The Morgan fingerprint density at radius 1 is 0.952 bits per heavy atom.